The Labute approximate surface area is 84.6 Å². The van der Waals surface area contributed by atoms with Gasteiger partial charge in [0.25, 0.3) is 0 Å². The molecule has 0 aromatic carbocycles. The van der Waals surface area contributed by atoms with Crippen molar-refractivity contribution >= 4 is 12.4 Å². The van der Waals surface area contributed by atoms with Crippen molar-refractivity contribution in [2.45, 2.75) is 19.3 Å². The molecule has 2 aliphatic carbocycles. The molecule has 0 unspecified atom stereocenters. The van der Waals surface area contributed by atoms with Gasteiger partial charge in [0, 0.05) is 6.42 Å². The monoisotopic (exact) mass is 196 g/mol. The zero-order valence-electron chi connectivity index (χ0n) is 7.36. The fourth-order valence-electron chi connectivity index (χ4n) is 1.61. The molecule has 0 heterocycles. The minimum atomic E-state index is 0. The van der Waals surface area contributed by atoms with E-state index in [1.807, 2.05) is 6.08 Å². The molecule has 70 valence electrons. The summed E-state index contributed by atoms with van der Waals surface area (Å²) < 4.78 is 0. The standard InChI is InChI=1S/C11H12O.ClH/c12-11-7-6-9-4-2-1-3-5-10(9)8-11;/h1-4,8,12H,5-7H2;1H. The highest BCUT2D eigenvalue weighted by molar-refractivity contribution is 5.85. The maximum Gasteiger partial charge on any atom is 0.0928 e. The van der Waals surface area contributed by atoms with Gasteiger partial charge in [-0.3, -0.25) is 0 Å². The largest absolute Gasteiger partial charge is 0.512 e. The van der Waals surface area contributed by atoms with Crippen LogP contribution in [0.3, 0.4) is 0 Å². The van der Waals surface area contributed by atoms with E-state index in [-0.39, 0.29) is 12.4 Å². The van der Waals surface area contributed by atoms with E-state index in [1.54, 1.807) is 0 Å². The molecule has 0 amide bonds. The first-order valence-electron chi connectivity index (χ1n) is 4.31. The lowest BCUT2D eigenvalue weighted by molar-refractivity contribution is 0.385. The van der Waals surface area contributed by atoms with Crippen molar-refractivity contribution in [3.63, 3.8) is 0 Å². The summed E-state index contributed by atoms with van der Waals surface area (Å²) in [5.41, 5.74) is 2.64. The molecule has 0 aromatic heterocycles. The number of hydrogen-bond acceptors (Lipinski definition) is 1. The SMILES string of the molecule is Cl.OC1=CC2=C(C=CC=CC2)CC1. The summed E-state index contributed by atoms with van der Waals surface area (Å²) in [5, 5.41) is 9.32. The lowest BCUT2D eigenvalue weighted by Gasteiger charge is -2.13. The Balaban J connectivity index is 0.000000845. The van der Waals surface area contributed by atoms with Gasteiger partial charge in [0.1, 0.15) is 0 Å². The van der Waals surface area contributed by atoms with Gasteiger partial charge in [-0.05, 0) is 30.1 Å². The van der Waals surface area contributed by atoms with Crippen molar-refractivity contribution < 1.29 is 5.11 Å². The molecule has 0 saturated carbocycles. The summed E-state index contributed by atoms with van der Waals surface area (Å²) in [4.78, 5) is 0. The van der Waals surface area contributed by atoms with Crippen LogP contribution in [-0.2, 0) is 0 Å². The first-order valence-corrected chi connectivity index (χ1v) is 4.31. The quantitative estimate of drug-likeness (QED) is 0.629. The number of allylic oxidation sites excluding steroid dienone is 8. The van der Waals surface area contributed by atoms with Crippen LogP contribution >= 0.6 is 12.4 Å². The Bertz CT molecular complexity index is 308. The predicted octanol–water partition coefficient (Wildman–Crippen LogP) is 3.46. The van der Waals surface area contributed by atoms with Gasteiger partial charge >= 0.3 is 0 Å². The number of halogens is 1. The Hall–Kier alpha value is -0.950. The van der Waals surface area contributed by atoms with Crippen LogP contribution in [0.15, 0.2) is 47.3 Å². The smallest absolute Gasteiger partial charge is 0.0928 e. The Morgan fingerprint density at radius 3 is 2.77 bits per heavy atom. The van der Waals surface area contributed by atoms with Crippen LogP contribution in [0.25, 0.3) is 0 Å². The molecule has 2 heteroatoms. The fraction of sp³-hybridized carbons (Fsp3) is 0.273. The van der Waals surface area contributed by atoms with Crippen molar-refractivity contribution in [2.75, 3.05) is 0 Å². The Morgan fingerprint density at radius 1 is 1.08 bits per heavy atom. The van der Waals surface area contributed by atoms with Crippen LogP contribution in [-0.4, -0.2) is 5.11 Å². The molecule has 0 atom stereocenters. The van der Waals surface area contributed by atoms with E-state index in [0.717, 1.165) is 19.3 Å². The second kappa shape index (κ2) is 4.33. The molecule has 13 heavy (non-hydrogen) atoms. The number of aliphatic hydroxyl groups excluding tert-OH is 1. The summed E-state index contributed by atoms with van der Waals surface area (Å²) in [6.07, 6.45) is 13.0. The van der Waals surface area contributed by atoms with E-state index < -0.39 is 0 Å². The third-order valence-electron chi connectivity index (χ3n) is 2.29. The minimum Gasteiger partial charge on any atom is -0.512 e. The molecule has 0 aliphatic heterocycles. The first kappa shape index (κ1) is 10.1. The molecule has 2 rings (SSSR count). The number of rotatable bonds is 0. The number of hydrogen-bond donors (Lipinski definition) is 1. The summed E-state index contributed by atoms with van der Waals surface area (Å²) in [6.45, 7) is 0. The van der Waals surface area contributed by atoms with Crippen LogP contribution in [0.5, 0.6) is 0 Å². The lowest BCUT2D eigenvalue weighted by Crippen LogP contribution is -1.96. The molecule has 0 saturated heterocycles. The van der Waals surface area contributed by atoms with Crippen LogP contribution in [0.1, 0.15) is 19.3 Å². The highest BCUT2D eigenvalue weighted by Crippen LogP contribution is 2.27. The van der Waals surface area contributed by atoms with Gasteiger partial charge in [-0.2, -0.15) is 0 Å². The third-order valence-corrected chi connectivity index (χ3v) is 2.29. The first-order chi connectivity index (χ1) is 5.86. The van der Waals surface area contributed by atoms with E-state index in [0.29, 0.717) is 5.76 Å². The zero-order chi connectivity index (χ0) is 8.39. The summed E-state index contributed by atoms with van der Waals surface area (Å²) in [5.74, 6) is 0.525. The van der Waals surface area contributed by atoms with Gasteiger partial charge in [0.2, 0.25) is 0 Å². The zero-order valence-corrected chi connectivity index (χ0v) is 8.18. The van der Waals surface area contributed by atoms with Crippen molar-refractivity contribution in [3.05, 3.63) is 47.3 Å². The normalized spacial score (nSPS) is 20.2. The van der Waals surface area contributed by atoms with E-state index in [1.165, 1.54) is 11.1 Å². The summed E-state index contributed by atoms with van der Waals surface area (Å²) in [7, 11) is 0. The molecule has 0 aromatic rings. The topological polar surface area (TPSA) is 20.2 Å². The molecule has 0 spiro atoms. The van der Waals surface area contributed by atoms with Crippen molar-refractivity contribution in [2.24, 2.45) is 0 Å². The van der Waals surface area contributed by atoms with Crippen LogP contribution in [0, 0.1) is 0 Å². The average molecular weight is 197 g/mol. The highest BCUT2D eigenvalue weighted by atomic mass is 35.5. The van der Waals surface area contributed by atoms with Crippen molar-refractivity contribution in [1.82, 2.24) is 0 Å². The van der Waals surface area contributed by atoms with Crippen molar-refractivity contribution in [1.29, 1.82) is 0 Å². The minimum absolute atomic E-state index is 0. The number of aliphatic hydroxyl groups is 1. The molecule has 2 aliphatic rings. The summed E-state index contributed by atoms with van der Waals surface area (Å²) >= 11 is 0. The van der Waals surface area contributed by atoms with Crippen molar-refractivity contribution in [3.8, 4) is 0 Å². The van der Waals surface area contributed by atoms with Crippen LogP contribution in [0.4, 0.5) is 0 Å². The molecule has 0 radical (unpaired) electrons. The molecular weight excluding hydrogens is 184 g/mol. The van der Waals surface area contributed by atoms with Gasteiger partial charge < -0.3 is 5.11 Å². The Morgan fingerprint density at radius 2 is 1.92 bits per heavy atom. The fourth-order valence-corrected chi connectivity index (χ4v) is 1.61. The van der Waals surface area contributed by atoms with Gasteiger partial charge in [0.05, 0.1) is 5.76 Å². The summed E-state index contributed by atoms with van der Waals surface area (Å²) in [6, 6.07) is 0. The molecule has 0 bridgehead atoms. The van der Waals surface area contributed by atoms with E-state index in [2.05, 4.69) is 24.3 Å². The van der Waals surface area contributed by atoms with E-state index in [9.17, 15) is 5.11 Å². The average Bonchev–Trinajstić information content (AvgIpc) is 2.28. The van der Waals surface area contributed by atoms with E-state index >= 15 is 0 Å². The maximum atomic E-state index is 9.32. The van der Waals surface area contributed by atoms with Crippen LogP contribution in [0.2, 0.25) is 0 Å². The molecular formula is C11H13ClO. The Kier molecular flexibility index (Phi) is 3.38. The third kappa shape index (κ3) is 2.25. The second-order valence-electron chi connectivity index (χ2n) is 3.18. The predicted molar refractivity (Wildman–Crippen MR) is 57.1 cm³/mol. The van der Waals surface area contributed by atoms with Gasteiger partial charge in [-0.1, -0.05) is 24.3 Å². The maximum absolute atomic E-state index is 9.32. The van der Waals surface area contributed by atoms with Gasteiger partial charge in [-0.15, -0.1) is 12.4 Å². The molecule has 0 fully saturated rings. The van der Waals surface area contributed by atoms with E-state index in [4.69, 9.17) is 0 Å². The molecule has 1 N–H and O–H groups in total. The van der Waals surface area contributed by atoms with Gasteiger partial charge in [0.15, 0.2) is 0 Å². The lowest BCUT2D eigenvalue weighted by atomic mass is 9.95. The van der Waals surface area contributed by atoms with Crippen LogP contribution < -0.4 is 0 Å². The highest BCUT2D eigenvalue weighted by Gasteiger charge is 2.10. The molecule has 1 nitrogen and oxygen atoms in total. The second-order valence-corrected chi connectivity index (χ2v) is 3.18. The van der Waals surface area contributed by atoms with Gasteiger partial charge in [-0.25, -0.2) is 0 Å².